The summed E-state index contributed by atoms with van der Waals surface area (Å²) in [5, 5.41) is 0.884. The van der Waals surface area contributed by atoms with E-state index in [1.165, 1.54) is 30.5 Å². The van der Waals surface area contributed by atoms with Gasteiger partial charge in [-0.15, -0.1) is 11.3 Å². The average Bonchev–Trinajstić information content (AvgIpc) is 3.69. The van der Waals surface area contributed by atoms with E-state index in [4.69, 9.17) is 40.0 Å². The molecule has 2 aromatic carbocycles. The maximum atomic E-state index is 15.6. The SMILES string of the molecule is CCOC(=O)CCC(=O)c1cc2c(Cl)c(OCCCOc3c(OC)cc4c(c3F)CN(C(=O)CCC(=O)OCC)C4)c(OC)cc2s1. The molecule has 0 bridgehead atoms. The van der Waals surface area contributed by atoms with Crippen LogP contribution in [0.1, 0.15) is 66.8 Å². The summed E-state index contributed by atoms with van der Waals surface area (Å²) in [7, 11) is 2.88. The van der Waals surface area contributed by atoms with Crippen molar-refractivity contribution >= 4 is 56.7 Å². The number of hydrogen-bond acceptors (Lipinski definition) is 11. The van der Waals surface area contributed by atoms with Gasteiger partial charge in [0.05, 0.1) is 63.4 Å². The van der Waals surface area contributed by atoms with Gasteiger partial charge < -0.3 is 33.3 Å². The number of ketones is 1. The van der Waals surface area contributed by atoms with Crippen LogP contribution in [0.3, 0.4) is 0 Å². The molecule has 0 radical (unpaired) electrons. The van der Waals surface area contributed by atoms with Gasteiger partial charge in [0, 0.05) is 54.1 Å². The molecule has 0 aliphatic carbocycles. The number of amides is 1. The zero-order valence-electron chi connectivity index (χ0n) is 26.7. The maximum absolute atomic E-state index is 15.6. The topological polar surface area (TPSA) is 127 Å². The van der Waals surface area contributed by atoms with Crippen molar-refractivity contribution in [3.05, 3.63) is 45.0 Å². The number of Topliss-reactive ketones (excluding diaryl/α,β-unsaturated/α-hetero) is 1. The Morgan fingerprint density at radius 2 is 1.47 bits per heavy atom. The Labute approximate surface area is 280 Å². The Morgan fingerprint density at radius 3 is 2.11 bits per heavy atom. The van der Waals surface area contributed by atoms with Crippen LogP contribution < -0.4 is 18.9 Å². The highest BCUT2D eigenvalue weighted by Gasteiger charge is 2.30. The molecule has 0 N–H and O–H groups in total. The van der Waals surface area contributed by atoms with E-state index in [0.717, 1.165) is 4.70 Å². The summed E-state index contributed by atoms with van der Waals surface area (Å²) in [5.41, 5.74) is 0.940. The molecule has 2 heterocycles. The van der Waals surface area contributed by atoms with Crippen molar-refractivity contribution < 1.29 is 52.0 Å². The van der Waals surface area contributed by atoms with Gasteiger partial charge in [0.2, 0.25) is 5.91 Å². The second-order valence-corrected chi connectivity index (χ2v) is 11.9. The Balaban J connectivity index is 1.36. The van der Waals surface area contributed by atoms with Crippen LogP contribution in [-0.2, 0) is 36.9 Å². The first-order chi connectivity index (χ1) is 22.6. The summed E-state index contributed by atoms with van der Waals surface area (Å²) in [6, 6.07) is 5.05. The predicted octanol–water partition coefficient (Wildman–Crippen LogP) is 6.27. The molecule has 0 fully saturated rings. The first kappa shape index (κ1) is 35.7. The van der Waals surface area contributed by atoms with E-state index in [2.05, 4.69) is 0 Å². The van der Waals surface area contributed by atoms with Gasteiger partial charge in [-0.2, -0.15) is 0 Å². The molecule has 1 aromatic heterocycles. The van der Waals surface area contributed by atoms with E-state index >= 15 is 4.39 Å². The fourth-order valence-corrected chi connectivity index (χ4v) is 6.45. The van der Waals surface area contributed by atoms with Crippen LogP contribution in [0.4, 0.5) is 4.39 Å². The number of benzene rings is 2. The molecule has 1 aliphatic heterocycles. The van der Waals surface area contributed by atoms with Crippen molar-refractivity contribution in [2.75, 3.05) is 40.6 Å². The number of hydrogen-bond donors (Lipinski definition) is 0. The lowest BCUT2D eigenvalue weighted by Crippen LogP contribution is -2.26. The summed E-state index contributed by atoms with van der Waals surface area (Å²) in [5.74, 6) is -1.17. The minimum absolute atomic E-state index is 0.00763. The van der Waals surface area contributed by atoms with Gasteiger partial charge in [0.25, 0.3) is 0 Å². The third kappa shape index (κ3) is 8.63. The normalized spacial score (nSPS) is 12.1. The second kappa shape index (κ2) is 16.6. The average molecular weight is 694 g/mol. The molecule has 0 saturated heterocycles. The second-order valence-electron chi connectivity index (χ2n) is 10.4. The van der Waals surface area contributed by atoms with Crippen LogP contribution in [0.15, 0.2) is 18.2 Å². The van der Waals surface area contributed by atoms with Crippen LogP contribution in [-0.4, -0.2) is 69.2 Å². The first-order valence-corrected chi connectivity index (χ1v) is 16.4. The zero-order valence-corrected chi connectivity index (χ0v) is 28.3. The Kier molecular flexibility index (Phi) is 12.7. The Morgan fingerprint density at radius 1 is 0.851 bits per heavy atom. The van der Waals surface area contributed by atoms with Gasteiger partial charge in [-0.25, -0.2) is 4.39 Å². The molecule has 254 valence electrons. The van der Waals surface area contributed by atoms with Crippen molar-refractivity contribution in [2.24, 2.45) is 0 Å². The van der Waals surface area contributed by atoms with Crippen molar-refractivity contribution in [1.29, 1.82) is 0 Å². The zero-order chi connectivity index (χ0) is 34.1. The van der Waals surface area contributed by atoms with Crippen LogP contribution in [0.5, 0.6) is 23.0 Å². The third-order valence-corrected chi connectivity index (χ3v) is 8.83. The lowest BCUT2D eigenvalue weighted by atomic mass is 10.1. The molecule has 3 aromatic rings. The van der Waals surface area contributed by atoms with Crippen LogP contribution in [0, 0.1) is 5.82 Å². The standard InChI is InChI=1S/C33H37ClFNO10S/c1-5-43-28(39)10-8-22(37)26-15-20-25(47-26)16-24(42-4)32(30(20)34)45-12-7-13-46-33-23(41-3)14-19-17-36(18-21(19)31(33)35)27(38)9-11-29(40)44-6-2/h14-16H,5-13,17-18H2,1-4H3. The molecule has 47 heavy (non-hydrogen) atoms. The van der Waals surface area contributed by atoms with Crippen molar-refractivity contribution in [3.8, 4) is 23.0 Å². The summed E-state index contributed by atoms with van der Waals surface area (Å²) < 4.78 is 48.7. The van der Waals surface area contributed by atoms with Crippen LogP contribution >= 0.6 is 22.9 Å². The van der Waals surface area contributed by atoms with Gasteiger partial charge in [0.1, 0.15) is 0 Å². The van der Waals surface area contributed by atoms with Crippen molar-refractivity contribution in [2.45, 2.75) is 59.0 Å². The number of carbonyl (C=O) groups excluding carboxylic acids is 4. The largest absolute Gasteiger partial charge is 0.493 e. The van der Waals surface area contributed by atoms with E-state index in [1.54, 1.807) is 32.0 Å². The van der Waals surface area contributed by atoms with Gasteiger partial charge in [-0.1, -0.05) is 11.6 Å². The molecular weight excluding hydrogens is 657 g/mol. The number of thiophene rings is 1. The monoisotopic (exact) mass is 693 g/mol. The fourth-order valence-electron chi connectivity index (χ4n) is 5.03. The number of rotatable bonds is 17. The lowest BCUT2D eigenvalue weighted by Gasteiger charge is -2.15. The minimum atomic E-state index is -0.610. The number of fused-ring (bicyclic) bond motifs is 2. The van der Waals surface area contributed by atoms with E-state index in [1.807, 2.05) is 0 Å². The van der Waals surface area contributed by atoms with Crippen molar-refractivity contribution in [1.82, 2.24) is 4.90 Å². The summed E-state index contributed by atoms with van der Waals surface area (Å²) in [6.45, 7) is 4.36. The van der Waals surface area contributed by atoms with Crippen LogP contribution in [0.25, 0.3) is 10.1 Å². The molecule has 0 saturated carbocycles. The molecule has 4 rings (SSSR count). The molecule has 0 atom stereocenters. The number of ether oxygens (including phenoxy) is 6. The number of halogens is 2. The predicted molar refractivity (Wildman–Crippen MR) is 172 cm³/mol. The minimum Gasteiger partial charge on any atom is -0.493 e. The van der Waals surface area contributed by atoms with Gasteiger partial charge in [-0.3, -0.25) is 19.2 Å². The Bertz CT molecular complexity index is 1640. The van der Waals surface area contributed by atoms with Gasteiger partial charge in [-0.05, 0) is 31.5 Å². The van der Waals surface area contributed by atoms with E-state index in [0.29, 0.717) is 39.3 Å². The Hall–Kier alpha value is -4.10. The summed E-state index contributed by atoms with van der Waals surface area (Å²) in [6.07, 6.45) is 0.287. The summed E-state index contributed by atoms with van der Waals surface area (Å²) in [4.78, 5) is 50.6. The van der Waals surface area contributed by atoms with E-state index in [-0.39, 0.29) is 93.4 Å². The fraction of sp³-hybridized carbons (Fsp3) is 0.455. The highest BCUT2D eigenvalue weighted by Crippen LogP contribution is 2.44. The molecule has 0 unspecified atom stereocenters. The molecule has 14 heteroatoms. The molecule has 1 amide bonds. The first-order valence-electron chi connectivity index (χ1n) is 15.2. The summed E-state index contributed by atoms with van der Waals surface area (Å²) >= 11 is 7.93. The van der Waals surface area contributed by atoms with E-state index in [9.17, 15) is 19.2 Å². The third-order valence-electron chi connectivity index (χ3n) is 7.33. The van der Waals surface area contributed by atoms with Gasteiger partial charge in [0.15, 0.2) is 34.6 Å². The molecule has 11 nitrogen and oxygen atoms in total. The molecule has 0 spiro atoms. The van der Waals surface area contributed by atoms with Gasteiger partial charge >= 0.3 is 11.9 Å². The molecule has 1 aliphatic rings. The number of esters is 2. The smallest absolute Gasteiger partial charge is 0.306 e. The highest BCUT2D eigenvalue weighted by molar-refractivity contribution is 7.21. The quantitative estimate of drug-likeness (QED) is 0.0907. The van der Waals surface area contributed by atoms with Crippen LogP contribution in [0.2, 0.25) is 5.02 Å². The lowest BCUT2D eigenvalue weighted by molar-refractivity contribution is -0.145. The van der Waals surface area contributed by atoms with E-state index < -0.39 is 17.8 Å². The highest BCUT2D eigenvalue weighted by atomic mass is 35.5. The molecular formula is C33H37ClFNO10S. The number of methoxy groups -OCH3 is 2. The maximum Gasteiger partial charge on any atom is 0.306 e. The number of carbonyl (C=O) groups is 4. The van der Waals surface area contributed by atoms with Crippen molar-refractivity contribution in [3.63, 3.8) is 0 Å². The number of nitrogens with zero attached hydrogens (tertiary/aromatic N) is 1.